The Morgan fingerprint density at radius 3 is 2.83 bits per heavy atom. The number of hydrogen-bond donors (Lipinski definition) is 2. The second kappa shape index (κ2) is 3.11. The van der Waals surface area contributed by atoms with Crippen LogP contribution in [0.3, 0.4) is 0 Å². The molecule has 0 spiro atoms. The Morgan fingerprint density at radius 1 is 1.75 bits per heavy atom. The van der Waals surface area contributed by atoms with Crippen LogP contribution in [0.5, 0.6) is 0 Å². The van der Waals surface area contributed by atoms with Crippen molar-refractivity contribution in [1.29, 1.82) is 0 Å². The molecular formula is C5H10N4O2S. The van der Waals surface area contributed by atoms with Crippen molar-refractivity contribution >= 4 is 16.0 Å². The molecular weight excluding hydrogens is 180 g/mol. The van der Waals surface area contributed by atoms with Crippen LogP contribution in [0.2, 0.25) is 0 Å². The smallest absolute Gasteiger partial charge is 0.320 e. The van der Waals surface area contributed by atoms with E-state index in [1.165, 1.54) is 12.3 Å². The lowest BCUT2D eigenvalue weighted by Gasteiger charge is -2.02. The summed E-state index contributed by atoms with van der Waals surface area (Å²) in [5.41, 5.74) is 5.25. The Hall–Kier alpha value is -1.08. The fourth-order valence-electron chi connectivity index (χ4n) is 0.703. The lowest BCUT2D eigenvalue weighted by molar-refractivity contribution is 0.567. The first-order valence-electron chi connectivity index (χ1n) is 3.37. The zero-order valence-electron chi connectivity index (χ0n) is 6.56. The van der Waals surface area contributed by atoms with E-state index in [0.29, 0.717) is 6.54 Å². The highest BCUT2D eigenvalue weighted by molar-refractivity contribution is 7.87. The number of hydrogen-bond acceptors (Lipinski definition) is 4. The van der Waals surface area contributed by atoms with Gasteiger partial charge >= 0.3 is 10.2 Å². The normalized spacial score (nSPS) is 11.8. The molecule has 0 amide bonds. The number of nitrogens with two attached hydrogens (primary N) is 1. The third kappa shape index (κ3) is 1.74. The zero-order chi connectivity index (χ0) is 9.19. The van der Waals surface area contributed by atoms with E-state index < -0.39 is 10.2 Å². The molecule has 0 atom stereocenters. The summed E-state index contributed by atoms with van der Waals surface area (Å²) in [5.74, 6) is 0.177. The van der Waals surface area contributed by atoms with Crippen molar-refractivity contribution in [3.63, 3.8) is 0 Å². The molecule has 7 heteroatoms. The first kappa shape index (κ1) is 9.01. The van der Waals surface area contributed by atoms with Crippen LogP contribution in [0, 0.1) is 0 Å². The van der Waals surface area contributed by atoms with E-state index in [4.69, 9.17) is 5.73 Å². The molecule has 0 radical (unpaired) electrons. The standard InChI is InChI=1S/C5H10N4O2S/c1-2-7-12(10,11)9-4-3-5(6)8-9/h3-4,7H,2H2,1H3,(H2,6,8). The van der Waals surface area contributed by atoms with Gasteiger partial charge in [-0.05, 0) is 0 Å². The van der Waals surface area contributed by atoms with Crippen molar-refractivity contribution < 1.29 is 8.42 Å². The molecule has 0 saturated heterocycles. The molecule has 12 heavy (non-hydrogen) atoms. The van der Waals surface area contributed by atoms with Crippen molar-refractivity contribution in [3.05, 3.63) is 12.3 Å². The SMILES string of the molecule is CCNS(=O)(=O)n1ccc(N)n1. The van der Waals surface area contributed by atoms with Gasteiger partial charge < -0.3 is 5.73 Å². The van der Waals surface area contributed by atoms with Gasteiger partial charge in [-0.2, -0.15) is 17.2 Å². The summed E-state index contributed by atoms with van der Waals surface area (Å²) in [6.07, 6.45) is 1.29. The Kier molecular flexibility index (Phi) is 2.34. The summed E-state index contributed by atoms with van der Waals surface area (Å²) in [6.45, 7) is 2.01. The minimum absolute atomic E-state index is 0.177. The molecule has 3 N–H and O–H groups in total. The van der Waals surface area contributed by atoms with Crippen LogP contribution >= 0.6 is 0 Å². The van der Waals surface area contributed by atoms with Gasteiger partial charge in [-0.1, -0.05) is 6.92 Å². The third-order valence-electron chi connectivity index (χ3n) is 1.16. The second-order valence-electron chi connectivity index (χ2n) is 2.12. The lowest BCUT2D eigenvalue weighted by Crippen LogP contribution is -2.30. The molecule has 1 heterocycles. The molecule has 1 aromatic rings. The van der Waals surface area contributed by atoms with E-state index in [1.54, 1.807) is 6.92 Å². The van der Waals surface area contributed by atoms with Gasteiger partial charge in [0.15, 0.2) is 0 Å². The molecule has 1 rings (SSSR count). The Balaban J connectivity index is 2.98. The van der Waals surface area contributed by atoms with Crippen molar-refractivity contribution in [2.75, 3.05) is 12.3 Å². The fourth-order valence-corrected chi connectivity index (χ4v) is 1.62. The van der Waals surface area contributed by atoms with E-state index in [-0.39, 0.29) is 5.82 Å². The Bertz CT molecular complexity index is 355. The molecule has 0 aliphatic heterocycles. The lowest BCUT2D eigenvalue weighted by atomic mass is 10.7. The summed E-state index contributed by atoms with van der Waals surface area (Å²) in [5, 5.41) is 3.54. The number of nitrogens with one attached hydrogen (secondary N) is 1. The van der Waals surface area contributed by atoms with Gasteiger partial charge in [0.2, 0.25) is 0 Å². The highest BCUT2D eigenvalue weighted by atomic mass is 32.2. The van der Waals surface area contributed by atoms with Crippen molar-refractivity contribution in [2.45, 2.75) is 6.92 Å². The first-order valence-corrected chi connectivity index (χ1v) is 4.81. The van der Waals surface area contributed by atoms with Gasteiger partial charge in [-0.25, -0.2) is 0 Å². The third-order valence-corrected chi connectivity index (χ3v) is 2.51. The van der Waals surface area contributed by atoms with Crippen LogP contribution in [0.4, 0.5) is 5.82 Å². The average molecular weight is 190 g/mol. The Morgan fingerprint density at radius 2 is 2.42 bits per heavy atom. The van der Waals surface area contributed by atoms with Gasteiger partial charge in [0.25, 0.3) is 0 Å². The van der Waals surface area contributed by atoms with Crippen LogP contribution in [-0.4, -0.2) is 24.1 Å². The van der Waals surface area contributed by atoms with E-state index in [2.05, 4.69) is 9.82 Å². The molecule has 6 nitrogen and oxygen atoms in total. The van der Waals surface area contributed by atoms with Crippen LogP contribution in [-0.2, 0) is 10.2 Å². The van der Waals surface area contributed by atoms with E-state index in [0.717, 1.165) is 4.09 Å². The molecule has 0 aromatic carbocycles. The second-order valence-corrected chi connectivity index (χ2v) is 3.73. The quantitative estimate of drug-likeness (QED) is 0.650. The molecule has 68 valence electrons. The van der Waals surface area contributed by atoms with E-state index in [9.17, 15) is 8.42 Å². The maximum Gasteiger partial charge on any atom is 0.320 e. The molecule has 0 unspecified atom stereocenters. The van der Waals surface area contributed by atoms with Gasteiger partial charge in [0, 0.05) is 18.8 Å². The number of anilines is 1. The molecule has 0 saturated carbocycles. The van der Waals surface area contributed by atoms with E-state index in [1.807, 2.05) is 0 Å². The Labute approximate surface area is 70.6 Å². The maximum absolute atomic E-state index is 11.2. The van der Waals surface area contributed by atoms with Crippen LogP contribution in [0.15, 0.2) is 12.3 Å². The van der Waals surface area contributed by atoms with Crippen molar-refractivity contribution in [2.24, 2.45) is 0 Å². The van der Waals surface area contributed by atoms with Gasteiger partial charge in [0.05, 0.1) is 0 Å². The zero-order valence-corrected chi connectivity index (χ0v) is 7.37. The minimum Gasteiger partial charge on any atom is -0.382 e. The van der Waals surface area contributed by atoms with Crippen LogP contribution < -0.4 is 10.5 Å². The summed E-state index contributed by atoms with van der Waals surface area (Å²) in [4.78, 5) is 0. The van der Waals surface area contributed by atoms with E-state index >= 15 is 0 Å². The number of nitrogens with zero attached hydrogens (tertiary/aromatic N) is 2. The van der Waals surface area contributed by atoms with Crippen LogP contribution in [0.25, 0.3) is 0 Å². The highest BCUT2D eigenvalue weighted by Crippen LogP contribution is 1.98. The predicted octanol–water partition coefficient (Wildman–Crippen LogP) is -0.832. The summed E-state index contributed by atoms with van der Waals surface area (Å²) in [7, 11) is -3.51. The maximum atomic E-state index is 11.2. The van der Waals surface area contributed by atoms with Crippen molar-refractivity contribution in [3.8, 4) is 0 Å². The van der Waals surface area contributed by atoms with Gasteiger partial charge in [0.1, 0.15) is 5.82 Å². The minimum atomic E-state index is -3.51. The first-order chi connectivity index (χ1) is 5.56. The number of rotatable bonds is 3. The number of nitrogen functional groups attached to an aromatic ring is 1. The predicted molar refractivity (Wildman–Crippen MR) is 44.6 cm³/mol. The summed E-state index contributed by atoms with van der Waals surface area (Å²) >= 11 is 0. The monoisotopic (exact) mass is 190 g/mol. The fraction of sp³-hybridized carbons (Fsp3) is 0.400. The van der Waals surface area contributed by atoms with Crippen molar-refractivity contribution in [1.82, 2.24) is 13.9 Å². The highest BCUT2D eigenvalue weighted by Gasteiger charge is 2.11. The number of aromatic nitrogens is 2. The van der Waals surface area contributed by atoms with Crippen LogP contribution in [0.1, 0.15) is 6.92 Å². The average Bonchev–Trinajstić information content (AvgIpc) is 2.36. The van der Waals surface area contributed by atoms with Gasteiger partial charge in [-0.3, -0.25) is 0 Å². The molecule has 0 aliphatic carbocycles. The largest absolute Gasteiger partial charge is 0.382 e. The molecule has 1 aromatic heterocycles. The molecule has 0 fully saturated rings. The molecule has 0 bridgehead atoms. The molecule has 0 aliphatic rings. The topological polar surface area (TPSA) is 90.0 Å². The summed E-state index contributed by atoms with van der Waals surface area (Å²) < 4.78 is 25.4. The summed E-state index contributed by atoms with van der Waals surface area (Å²) in [6, 6.07) is 1.41. The van der Waals surface area contributed by atoms with Gasteiger partial charge in [-0.15, -0.1) is 5.10 Å².